The molecule has 0 saturated carbocycles. The number of aromatic nitrogens is 1. The van der Waals surface area contributed by atoms with E-state index in [2.05, 4.69) is 15.6 Å². The SMILES string of the molecule is N=C(c1ccc(C(=O)Nc2ccc(F)cc2C(=O)Nc2ccc(Cl)cn2)cc1)N1CC1. The summed E-state index contributed by atoms with van der Waals surface area (Å²) in [4.78, 5) is 31.2. The molecule has 4 rings (SSSR count). The molecule has 0 atom stereocenters. The fourth-order valence-corrected chi connectivity index (χ4v) is 2.99. The monoisotopic (exact) mass is 437 g/mol. The van der Waals surface area contributed by atoms with Gasteiger partial charge in [-0.05, 0) is 42.5 Å². The molecule has 0 aliphatic carbocycles. The third-order valence-electron chi connectivity index (χ3n) is 4.63. The second-order valence-corrected chi connectivity index (χ2v) is 7.31. The molecule has 2 heterocycles. The number of anilines is 2. The van der Waals surface area contributed by atoms with Crippen LogP contribution in [0.5, 0.6) is 0 Å². The lowest BCUT2D eigenvalue weighted by atomic mass is 10.1. The predicted molar refractivity (Wildman–Crippen MR) is 116 cm³/mol. The van der Waals surface area contributed by atoms with E-state index in [0.717, 1.165) is 25.2 Å². The van der Waals surface area contributed by atoms with Crippen molar-refractivity contribution in [1.29, 1.82) is 5.41 Å². The highest BCUT2D eigenvalue weighted by Crippen LogP contribution is 2.21. The average Bonchev–Trinajstić information content (AvgIpc) is 3.61. The number of carbonyl (C=O) groups is 2. The molecule has 0 radical (unpaired) electrons. The Morgan fingerprint density at radius 2 is 1.68 bits per heavy atom. The van der Waals surface area contributed by atoms with Gasteiger partial charge < -0.3 is 15.5 Å². The molecule has 1 aliphatic heterocycles. The first kappa shape index (κ1) is 20.5. The zero-order valence-corrected chi connectivity index (χ0v) is 16.9. The molecular weight excluding hydrogens is 421 g/mol. The molecule has 1 fully saturated rings. The first-order valence-electron chi connectivity index (χ1n) is 9.38. The van der Waals surface area contributed by atoms with E-state index in [-0.39, 0.29) is 17.1 Å². The van der Waals surface area contributed by atoms with Crippen LogP contribution >= 0.6 is 11.6 Å². The van der Waals surface area contributed by atoms with Gasteiger partial charge in [0.25, 0.3) is 11.8 Å². The first-order chi connectivity index (χ1) is 14.9. The van der Waals surface area contributed by atoms with Crippen molar-refractivity contribution in [2.24, 2.45) is 0 Å². The van der Waals surface area contributed by atoms with Crippen molar-refractivity contribution in [1.82, 2.24) is 9.88 Å². The summed E-state index contributed by atoms with van der Waals surface area (Å²) in [6.45, 7) is 1.73. The number of halogens is 2. The molecule has 1 aromatic heterocycles. The second-order valence-electron chi connectivity index (χ2n) is 6.87. The lowest BCUT2D eigenvalue weighted by Crippen LogP contribution is -2.19. The van der Waals surface area contributed by atoms with Gasteiger partial charge >= 0.3 is 0 Å². The molecule has 0 bridgehead atoms. The summed E-state index contributed by atoms with van der Waals surface area (Å²) in [5, 5.41) is 13.6. The molecule has 9 heteroatoms. The number of carbonyl (C=O) groups excluding carboxylic acids is 2. The normalized spacial score (nSPS) is 12.3. The summed E-state index contributed by atoms with van der Waals surface area (Å²) in [6, 6.07) is 13.2. The maximum Gasteiger partial charge on any atom is 0.259 e. The third-order valence-corrected chi connectivity index (χ3v) is 4.85. The van der Waals surface area contributed by atoms with Crippen LogP contribution in [0.4, 0.5) is 15.9 Å². The Hall–Kier alpha value is -3.78. The van der Waals surface area contributed by atoms with Gasteiger partial charge in [0.2, 0.25) is 0 Å². The van der Waals surface area contributed by atoms with Crippen molar-refractivity contribution >= 4 is 40.8 Å². The van der Waals surface area contributed by atoms with E-state index in [4.69, 9.17) is 17.0 Å². The Bertz CT molecular complexity index is 1160. The number of nitrogens with one attached hydrogen (secondary N) is 3. The van der Waals surface area contributed by atoms with Crippen LogP contribution in [-0.2, 0) is 0 Å². The molecule has 1 aliphatic rings. The number of benzene rings is 2. The highest BCUT2D eigenvalue weighted by Gasteiger charge is 2.22. The van der Waals surface area contributed by atoms with Gasteiger partial charge in [0.05, 0.1) is 16.3 Å². The number of amidine groups is 1. The molecule has 156 valence electrons. The molecule has 2 aromatic carbocycles. The van der Waals surface area contributed by atoms with Crippen molar-refractivity contribution < 1.29 is 14.0 Å². The predicted octanol–water partition coefficient (Wildman–Crippen LogP) is 4.02. The Labute approximate surface area is 182 Å². The van der Waals surface area contributed by atoms with Crippen LogP contribution in [0.1, 0.15) is 26.3 Å². The minimum atomic E-state index is -0.632. The summed E-state index contributed by atoms with van der Waals surface area (Å²) >= 11 is 5.79. The highest BCUT2D eigenvalue weighted by atomic mass is 35.5. The Morgan fingerprint density at radius 3 is 2.32 bits per heavy atom. The number of hydrogen-bond donors (Lipinski definition) is 3. The molecular formula is C22H17ClFN5O2. The summed E-state index contributed by atoms with van der Waals surface area (Å²) in [5.41, 5.74) is 1.16. The van der Waals surface area contributed by atoms with Gasteiger partial charge in [0, 0.05) is 30.4 Å². The summed E-state index contributed by atoms with van der Waals surface area (Å²) in [6.07, 6.45) is 1.37. The molecule has 7 nitrogen and oxygen atoms in total. The summed E-state index contributed by atoms with van der Waals surface area (Å²) in [7, 11) is 0. The van der Waals surface area contributed by atoms with Gasteiger partial charge in [0.1, 0.15) is 17.5 Å². The minimum absolute atomic E-state index is 0.0509. The smallest absolute Gasteiger partial charge is 0.259 e. The van der Waals surface area contributed by atoms with Crippen LogP contribution in [0.2, 0.25) is 5.02 Å². The van der Waals surface area contributed by atoms with Crippen molar-refractivity contribution in [3.05, 3.63) is 88.3 Å². The van der Waals surface area contributed by atoms with Gasteiger partial charge in [-0.15, -0.1) is 0 Å². The van der Waals surface area contributed by atoms with Crippen LogP contribution in [-0.4, -0.2) is 40.6 Å². The topological polar surface area (TPSA) is 98.0 Å². The Balaban J connectivity index is 1.51. The van der Waals surface area contributed by atoms with E-state index < -0.39 is 17.6 Å². The van der Waals surface area contributed by atoms with Gasteiger partial charge in [-0.1, -0.05) is 23.7 Å². The largest absolute Gasteiger partial charge is 0.353 e. The van der Waals surface area contributed by atoms with Crippen LogP contribution in [0.3, 0.4) is 0 Å². The second kappa shape index (κ2) is 8.53. The first-order valence-corrected chi connectivity index (χ1v) is 9.76. The van der Waals surface area contributed by atoms with Gasteiger partial charge in [-0.25, -0.2) is 9.37 Å². The Kier molecular flexibility index (Phi) is 5.64. The van der Waals surface area contributed by atoms with E-state index in [1.54, 1.807) is 30.3 Å². The number of rotatable bonds is 5. The van der Waals surface area contributed by atoms with Crippen LogP contribution in [0, 0.1) is 11.2 Å². The molecule has 1 saturated heterocycles. The molecule has 0 spiro atoms. The fourth-order valence-electron chi connectivity index (χ4n) is 2.88. The van der Waals surface area contributed by atoms with E-state index in [1.807, 2.05) is 4.90 Å². The average molecular weight is 438 g/mol. The lowest BCUT2D eigenvalue weighted by Gasteiger charge is -2.12. The number of pyridine rings is 1. The summed E-state index contributed by atoms with van der Waals surface area (Å²) < 4.78 is 13.8. The van der Waals surface area contributed by atoms with E-state index >= 15 is 0 Å². The standard InChI is InChI=1S/C22H17ClFN5O2/c23-15-5-8-19(26-12-15)28-22(31)17-11-16(24)6-7-18(17)27-21(30)14-3-1-13(2-4-14)20(25)29-9-10-29/h1-8,11-12,25H,9-10H2,(H,27,30)(H,26,28,31). The molecule has 2 amide bonds. The van der Waals surface area contributed by atoms with Crippen molar-refractivity contribution in [3.63, 3.8) is 0 Å². The molecule has 3 aromatic rings. The Morgan fingerprint density at radius 1 is 0.968 bits per heavy atom. The van der Waals surface area contributed by atoms with Crippen LogP contribution in [0.25, 0.3) is 0 Å². The lowest BCUT2D eigenvalue weighted by molar-refractivity contribution is 0.102. The summed E-state index contributed by atoms with van der Waals surface area (Å²) in [5.74, 6) is -1.06. The minimum Gasteiger partial charge on any atom is -0.353 e. The zero-order chi connectivity index (χ0) is 22.0. The van der Waals surface area contributed by atoms with E-state index in [1.165, 1.54) is 18.3 Å². The maximum absolute atomic E-state index is 13.8. The molecule has 31 heavy (non-hydrogen) atoms. The van der Waals surface area contributed by atoms with E-state index in [9.17, 15) is 14.0 Å². The number of amides is 2. The quantitative estimate of drug-likeness (QED) is 0.319. The third kappa shape index (κ3) is 4.87. The van der Waals surface area contributed by atoms with Gasteiger partial charge in [-0.3, -0.25) is 15.0 Å². The van der Waals surface area contributed by atoms with Crippen molar-refractivity contribution in [2.75, 3.05) is 23.7 Å². The van der Waals surface area contributed by atoms with Gasteiger partial charge in [0.15, 0.2) is 0 Å². The fraction of sp³-hybridized carbons (Fsp3) is 0.0909. The highest BCUT2D eigenvalue weighted by molar-refractivity contribution is 6.30. The van der Waals surface area contributed by atoms with Crippen molar-refractivity contribution in [3.8, 4) is 0 Å². The van der Waals surface area contributed by atoms with Crippen LogP contribution < -0.4 is 10.6 Å². The van der Waals surface area contributed by atoms with Crippen molar-refractivity contribution in [2.45, 2.75) is 0 Å². The number of hydrogen-bond acceptors (Lipinski definition) is 4. The van der Waals surface area contributed by atoms with E-state index in [0.29, 0.717) is 22.0 Å². The van der Waals surface area contributed by atoms with Crippen LogP contribution in [0.15, 0.2) is 60.8 Å². The number of nitrogens with zero attached hydrogens (tertiary/aromatic N) is 2. The molecule has 3 N–H and O–H groups in total. The molecule has 0 unspecified atom stereocenters. The zero-order valence-electron chi connectivity index (χ0n) is 16.2. The van der Waals surface area contributed by atoms with Gasteiger partial charge in [-0.2, -0.15) is 0 Å². The maximum atomic E-state index is 13.8.